The van der Waals surface area contributed by atoms with Gasteiger partial charge in [-0.3, -0.25) is 4.79 Å². The van der Waals surface area contributed by atoms with Crippen LogP contribution in [0.5, 0.6) is 0 Å². The van der Waals surface area contributed by atoms with Crippen molar-refractivity contribution in [3.05, 3.63) is 30.5 Å². The lowest BCUT2D eigenvalue weighted by Gasteiger charge is -2.46. The first-order valence-electron chi connectivity index (χ1n) is 10.9. The molecule has 3 aliphatic rings. The van der Waals surface area contributed by atoms with E-state index in [1.54, 1.807) is 13.2 Å². The van der Waals surface area contributed by atoms with Gasteiger partial charge in [-0.15, -0.1) is 0 Å². The molecule has 0 radical (unpaired) electrons. The number of carbonyl (C=O) groups is 2. The molecule has 168 valence electrons. The molecule has 10 nitrogen and oxygen atoms in total. The van der Waals surface area contributed by atoms with E-state index in [1.165, 1.54) is 0 Å². The molecule has 5 rings (SSSR count). The molecule has 0 unspecified atom stereocenters. The van der Waals surface area contributed by atoms with Crippen LogP contribution in [0.1, 0.15) is 12.8 Å². The molecule has 0 saturated carbocycles. The van der Waals surface area contributed by atoms with Crippen molar-refractivity contribution in [2.24, 2.45) is 0 Å². The van der Waals surface area contributed by atoms with Crippen molar-refractivity contribution in [1.29, 1.82) is 0 Å². The van der Waals surface area contributed by atoms with Gasteiger partial charge in [0, 0.05) is 44.1 Å². The van der Waals surface area contributed by atoms with Gasteiger partial charge in [-0.1, -0.05) is 0 Å². The van der Waals surface area contributed by atoms with E-state index in [2.05, 4.69) is 15.6 Å². The number of hydrogen-bond acceptors (Lipinski definition) is 7. The Balaban J connectivity index is 1.50. The monoisotopic (exact) mass is 438 g/mol. The van der Waals surface area contributed by atoms with Crippen LogP contribution in [-0.4, -0.2) is 74.0 Å². The summed E-state index contributed by atoms with van der Waals surface area (Å²) in [7, 11) is 1.57. The van der Waals surface area contributed by atoms with E-state index < -0.39 is 0 Å². The third kappa shape index (κ3) is 3.76. The Morgan fingerprint density at radius 2 is 1.91 bits per heavy atom. The van der Waals surface area contributed by atoms with Crippen LogP contribution in [0.25, 0.3) is 11.4 Å². The molecule has 1 aromatic carbocycles. The predicted molar refractivity (Wildman–Crippen MR) is 119 cm³/mol. The molecule has 0 spiro atoms. The molecule has 0 aliphatic carbocycles. The van der Waals surface area contributed by atoms with E-state index in [4.69, 9.17) is 14.5 Å². The normalized spacial score (nSPS) is 21.0. The Morgan fingerprint density at radius 3 is 2.66 bits per heavy atom. The Morgan fingerprint density at radius 1 is 1.12 bits per heavy atom. The number of urea groups is 1. The fourth-order valence-corrected chi connectivity index (χ4v) is 4.44. The van der Waals surface area contributed by atoms with E-state index in [9.17, 15) is 9.59 Å². The highest BCUT2D eigenvalue weighted by Crippen LogP contribution is 2.39. The minimum Gasteiger partial charge on any atom is -0.381 e. The molecule has 3 amide bonds. The second-order valence-electron chi connectivity index (χ2n) is 8.02. The lowest BCUT2D eigenvalue weighted by atomic mass is 10.0. The van der Waals surface area contributed by atoms with Crippen molar-refractivity contribution in [3.8, 4) is 11.4 Å². The van der Waals surface area contributed by atoms with E-state index in [-0.39, 0.29) is 24.0 Å². The quantitative estimate of drug-likeness (QED) is 0.750. The van der Waals surface area contributed by atoms with E-state index in [1.807, 2.05) is 34.1 Å². The van der Waals surface area contributed by atoms with Crippen molar-refractivity contribution in [2.45, 2.75) is 24.9 Å². The number of aromatic nitrogens is 2. The second kappa shape index (κ2) is 8.71. The summed E-state index contributed by atoms with van der Waals surface area (Å²) in [5.41, 5.74) is 2.26. The largest absolute Gasteiger partial charge is 0.381 e. The molecule has 4 heterocycles. The maximum Gasteiger partial charge on any atom is 0.318 e. The number of rotatable bonds is 3. The fraction of sp³-hybridized carbons (Fsp3) is 0.455. The smallest absolute Gasteiger partial charge is 0.318 e. The maximum absolute atomic E-state index is 13.4. The van der Waals surface area contributed by atoms with Gasteiger partial charge in [0.15, 0.2) is 11.6 Å². The van der Waals surface area contributed by atoms with Crippen molar-refractivity contribution in [2.75, 3.05) is 55.1 Å². The van der Waals surface area contributed by atoms with Gasteiger partial charge in [-0.2, -0.15) is 0 Å². The molecule has 3 aliphatic heterocycles. The summed E-state index contributed by atoms with van der Waals surface area (Å²) in [5, 5.41) is 5.26. The number of nitrogens with one attached hydrogen (secondary N) is 2. The van der Waals surface area contributed by atoms with Crippen molar-refractivity contribution in [1.82, 2.24) is 15.3 Å². The molecule has 1 aromatic heterocycles. The van der Waals surface area contributed by atoms with Gasteiger partial charge in [0.25, 0.3) is 5.91 Å². The summed E-state index contributed by atoms with van der Waals surface area (Å²) in [4.78, 5) is 38.3. The first kappa shape index (κ1) is 20.7. The van der Waals surface area contributed by atoms with Crippen LogP contribution in [0.4, 0.5) is 22.0 Å². The molecule has 32 heavy (non-hydrogen) atoms. The zero-order valence-corrected chi connectivity index (χ0v) is 17.9. The summed E-state index contributed by atoms with van der Waals surface area (Å²) >= 11 is 0. The van der Waals surface area contributed by atoms with Gasteiger partial charge in [0.05, 0.1) is 19.4 Å². The molecular formula is C22H26N6O4. The fourth-order valence-electron chi connectivity index (χ4n) is 4.44. The highest BCUT2D eigenvalue weighted by Gasteiger charge is 2.44. The number of carbonyl (C=O) groups excluding carboxylic acids is 2. The molecule has 2 aromatic rings. The van der Waals surface area contributed by atoms with Gasteiger partial charge in [0.1, 0.15) is 11.7 Å². The average Bonchev–Trinajstić information content (AvgIpc) is 2.85. The molecular weight excluding hydrogens is 412 g/mol. The zero-order valence-electron chi connectivity index (χ0n) is 17.9. The minimum atomic E-state index is -0.374. The molecule has 0 bridgehead atoms. The molecule has 2 saturated heterocycles. The number of nitrogens with zero attached hydrogens (tertiary/aromatic N) is 4. The number of fused-ring (bicyclic) bond motifs is 3. The van der Waals surface area contributed by atoms with Crippen molar-refractivity contribution in [3.63, 3.8) is 0 Å². The number of anilines is 3. The summed E-state index contributed by atoms with van der Waals surface area (Å²) in [6.07, 6.45) is 3.34. The van der Waals surface area contributed by atoms with E-state index in [0.717, 1.165) is 29.9 Å². The van der Waals surface area contributed by atoms with Crippen LogP contribution >= 0.6 is 0 Å². The lowest BCUT2D eigenvalue weighted by Crippen LogP contribution is -2.61. The third-order valence-corrected chi connectivity index (χ3v) is 6.12. The second-order valence-corrected chi connectivity index (χ2v) is 8.02. The van der Waals surface area contributed by atoms with Crippen LogP contribution in [0.3, 0.4) is 0 Å². The van der Waals surface area contributed by atoms with Gasteiger partial charge >= 0.3 is 6.03 Å². The predicted octanol–water partition coefficient (Wildman–Crippen LogP) is 1.63. The standard InChI is InChI=1S/C22H26N6O4/c1-23-22(30)25-15-4-2-14(3-5-15)19-24-12-17-20(26-19)27-8-11-32-13-18(27)21(29)28(17)16-6-9-31-10-7-16/h2-5,12,16,18H,6-11,13H2,1H3,(H2,23,25,30)/t18-/m1/s1. The topological polar surface area (TPSA) is 109 Å². The van der Waals surface area contributed by atoms with Crippen LogP contribution in [0.15, 0.2) is 30.5 Å². The first-order valence-corrected chi connectivity index (χ1v) is 10.9. The molecule has 2 fully saturated rings. The molecule has 2 N–H and O–H groups in total. The third-order valence-electron chi connectivity index (χ3n) is 6.12. The van der Waals surface area contributed by atoms with Gasteiger partial charge < -0.3 is 29.9 Å². The number of morpholine rings is 1. The Hall–Kier alpha value is -3.24. The van der Waals surface area contributed by atoms with Crippen LogP contribution in [-0.2, 0) is 14.3 Å². The lowest BCUT2D eigenvalue weighted by molar-refractivity contribution is -0.123. The number of amides is 3. The van der Waals surface area contributed by atoms with E-state index in [0.29, 0.717) is 44.5 Å². The van der Waals surface area contributed by atoms with Crippen molar-refractivity contribution >= 4 is 29.1 Å². The molecule has 1 atom stereocenters. The number of hydrogen-bond donors (Lipinski definition) is 2. The average molecular weight is 438 g/mol. The Bertz CT molecular complexity index is 1010. The first-order chi connectivity index (χ1) is 15.7. The number of benzene rings is 1. The molecule has 10 heteroatoms. The summed E-state index contributed by atoms with van der Waals surface area (Å²) in [5.74, 6) is 1.38. The SMILES string of the molecule is CNC(=O)Nc1ccc(-c2ncc3c(n2)N2CCOC[C@@H]2C(=O)N3C2CCOCC2)cc1. The Labute approximate surface area is 185 Å². The van der Waals surface area contributed by atoms with Crippen molar-refractivity contribution < 1.29 is 19.1 Å². The summed E-state index contributed by atoms with van der Waals surface area (Å²) in [6, 6.07) is 6.77. The summed E-state index contributed by atoms with van der Waals surface area (Å²) < 4.78 is 11.1. The van der Waals surface area contributed by atoms with Crippen LogP contribution in [0.2, 0.25) is 0 Å². The number of ether oxygens (including phenoxy) is 2. The summed E-state index contributed by atoms with van der Waals surface area (Å²) in [6.45, 7) is 2.81. The van der Waals surface area contributed by atoms with Crippen LogP contribution in [0, 0.1) is 0 Å². The van der Waals surface area contributed by atoms with Gasteiger partial charge in [0.2, 0.25) is 0 Å². The van der Waals surface area contributed by atoms with Crippen LogP contribution < -0.4 is 20.4 Å². The Kier molecular flexibility index (Phi) is 5.62. The highest BCUT2D eigenvalue weighted by molar-refractivity contribution is 6.05. The van der Waals surface area contributed by atoms with Gasteiger partial charge in [-0.25, -0.2) is 14.8 Å². The van der Waals surface area contributed by atoms with E-state index >= 15 is 0 Å². The minimum absolute atomic E-state index is 0.0464. The van der Waals surface area contributed by atoms with Gasteiger partial charge in [-0.05, 0) is 37.1 Å². The highest BCUT2D eigenvalue weighted by atomic mass is 16.5. The zero-order chi connectivity index (χ0) is 22.1. The maximum atomic E-state index is 13.4.